The van der Waals surface area contributed by atoms with E-state index in [0.29, 0.717) is 17.6 Å². The van der Waals surface area contributed by atoms with Crippen molar-refractivity contribution in [3.63, 3.8) is 0 Å². The summed E-state index contributed by atoms with van der Waals surface area (Å²) >= 11 is 0. The van der Waals surface area contributed by atoms with Crippen LogP contribution in [-0.2, 0) is 10.0 Å². The first kappa shape index (κ1) is 22.7. The first-order valence-electron chi connectivity index (χ1n) is 10.4. The van der Waals surface area contributed by atoms with Crippen LogP contribution in [0.3, 0.4) is 0 Å². The number of hydrogen-bond acceptors (Lipinski definition) is 4. The molecule has 3 atom stereocenters. The number of benzene rings is 2. The number of nitrogens with one attached hydrogen (secondary N) is 1. The normalized spacial score (nSPS) is 20.3. The summed E-state index contributed by atoms with van der Waals surface area (Å²) in [4.78, 5) is 0.214. The molecule has 1 saturated carbocycles. The van der Waals surface area contributed by atoms with E-state index in [-0.39, 0.29) is 29.8 Å². The van der Waals surface area contributed by atoms with Gasteiger partial charge in [0, 0.05) is 12.6 Å². The molecule has 3 rings (SSSR count). The van der Waals surface area contributed by atoms with Gasteiger partial charge in [-0.25, -0.2) is 17.5 Å². The lowest BCUT2D eigenvalue weighted by Crippen LogP contribution is -2.26. The van der Waals surface area contributed by atoms with Gasteiger partial charge in [0.2, 0.25) is 10.0 Å². The molecule has 1 fully saturated rings. The Balaban J connectivity index is 1.61. The molecule has 0 spiro atoms. The fraction of sp³-hybridized carbons (Fsp3) is 0.478. The number of sulfonamides is 1. The molecular formula is C23H30FNO4S. The number of aliphatic hydroxyl groups excluding tert-OH is 1. The molecule has 7 heteroatoms. The Kier molecular flexibility index (Phi) is 7.50. The molecular weight excluding hydrogens is 405 g/mol. The summed E-state index contributed by atoms with van der Waals surface area (Å²) in [5.74, 6) is 1.56. The van der Waals surface area contributed by atoms with Crippen molar-refractivity contribution in [3.8, 4) is 5.75 Å². The van der Waals surface area contributed by atoms with Crippen LogP contribution in [-0.4, -0.2) is 33.8 Å². The average Bonchev–Trinajstić information content (AvgIpc) is 3.20. The minimum absolute atomic E-state index is 0.00537. The highest BCUT2D eigenvalue weighted by atomic mass is 32.2. The smallest absolute Gasteiger partial charge is 0.240 e. The van der Waals surface area contributed by atoms with Crippen LogP contribution in [0.15, 0.2) is 47.4 Å². The van der Waals surface area contributed by atoms with Gasteiger partial charge in [-0.15, -0.1) is 0 Å². The van der Waals surface area contributed by atoms with E-state index in [4.69, 9.17) is 9.84 Å². The minimum atomic E-state index is -3.58. The summed E-state index contributed by atoms with van der Waals surface area (Å²) in [5, 5.41) is 8.81. The van der Waals surface area contributed by atoms with Crippen LogP contribution in [0.1, 0.15) is 55.6 Å². The van der Waals surface area contributed by atoms with Gasteiger partial charge in [0.15, 0.2) is 0 Å². The highest BCUT2D eigenvalue weighted by molar-refractivity contribution is 7.89. The molecule has 0 amide bonds. The molecule has 0 radical (unpaired) electrons. The first-order chi connectivity index (χ1) is 14.3. The summed E-state index contributed by atoms with van der Waals surface area (Å²) < 4.78 is 45.5. The van der Waals surface area contributed by atoms with Crippen molar-refractivity contribution in [2.75, 3.05) is 20.3 Å². The molecule has 2 N–H and O–H groups in total. The maximum absolute atomic E-state index is 13.5. The standard InChI is InChI=1S/C23H30FNO4S/c1-16(22-10-7-20(24)15-23(22)29-2)13-17-3-4-19(14-17)18-5-8-21(9-6-18)30(27,28)25-11-12-26/h5-10,15-17,19,25-26H,3-4,11-14H2,1-2H3/t16-,17?,19-/m0/s1. The Morgan fingerprint density at radius 1 is 1.20 bits per heavy atom. The second-order valence-electron chi connectivity index (χ2n) is 8.09. The fourth-order valence-electron chi connectivity index (χ4n) is 4.49. The van der Waals surface area contributed by atoms with Gasteiger partial charge in [-0.3, -0.25) is 0 Å². The van der Waals surface area contributed by atoms with Gasteiger partial charge in [0.1, 0.15) is 11.6 Å². The van der Waals surface area contributed by atoms with Crippen LogP contribution < -0.4 is 9.46 Å². The molecule has 1 unspecified atom stereocenters. The summed E-state index contributed by atoms with van der Waals surface area (Å²) in [7, 11) is -2.01. The monoisotopic (exact) mass is 435 g/mol. The van der Waals surface area contributed by atoms with Gasteiger partial charge in [-0.2, -0.15) is 0 Å². The molecule has 0 aromatic heterocycles. The van der Waals surface area contributed by atoms with Crippen molar-refractivity contribution in [2.45, 2.75) is 49.3 Å². The van der Waals surface area contributed by atoms with E-state index < -0.39 is 10.0 Å². The average molecular weight is 436 g/mol. The third kappa shape index (κ3) is 5.39. The van der Waals surface area contributed by atoms with E-state index >= 15 is 0 Å². The topological polar surface area (TPSA) is 75.6 Å². The second kappa shape index (κ2) is 9.90. The van der Waals surface area contributed by atoms with Crippen LogP contribution in [0.25, 0.3) is 0 Å². The zero-order valence-electron chi connectivity index (χ0n) is 17.5. The lowest BCUT2D eigenvalue weighted by molar-refractivity contribution is 0.301. The van der Waals surface area contributed by atoms with E-state index in [0.717, 1.165) is 36.8 Å². The Bertz CT molecular complexity index is 946. The molecule has 30 heavy (non-hydrogen) atoms. The minimum Gasteiger partial charge on any atom is -0.496 e. The van der Waals surface area contributed by atoms with Gasteiger partial charge in [-0.05, 0) is 72.8 Å². The third-order valence-electron chi connectivity index (χ3n) is 6.02. The first-order valence-corrected chi connectivity index (χ1v) is 11.9. The largest absolute Gasteiger partial charge is 0.496 e. The molecule has 1 aliphatic carbocycles. The number of methoxy groups -OCH3 is 1. The lowest BCUT2D eigenvalue weighted by Gasteiger charge is -2.20. The molecule has 0 bridgehead atoms. The summed E-state index contributed by atoms with van der Waals surface area (Å²) in [6.45, 7) is 1.93. The highest BCUT2D eigenvalue weighted by Gasteiger charge is 2.28. The number of halogens is 1. The molecule has 2 aromatic carbocycles. The fourth-order valence-corrected chi connectivity index (χ4v) is 5.51. The zero-order valence-corrected chi connectivity index (χ0v) is 18.3. The van der Waals surface area contributed by atoms with Crippen molar-refractivity contribution in [1.82, 2.24) is 4.72 Å². The van der Waals surface area contributed by atoms with Crippen molar-refractivity contribution >= 4 is 10.0 Å². The number of hydrogen-bond donors (Lipinski definition) is 2. The van der Waals surface area contributed by atoms with Gasteiger partial charge in [0.05, 0.1) is 18.6 Å². The zero-order chi connectivity index (χ0) is 21.7. The number of rotatable bonds is 9. The number of aliphatic hydroxyl groups is 1. The van der Waals surface area contributed by atoms with Gasteiger partial charge in [0.25, 0.3) is 0 Å². The number of ether oxygens (including phenoxy) is 1. The van der Waals surface area contributed by atoms with E-state index in [1.807, 2.05) is 18.2 Å². The lowest BCUT2D eigenvalue weighted by atomic mass is 9.87. The summed E-state index contributed by atoms with van der Waals surface area (Å²) in [6, 6.07) is 11.8. The van der Waals surface area contributed by atoms with Crippen LogP contribution >= 0.6 is 0 Å². The maximum Gasteiger partial charge on any atom is 0.240 e. The van der Waals surface area contributed by atoms with Gasteiger partial charge in [-0.1, -0.05) is 25.1 Å². The van der Waals surface area contributed by atoms with Crippen LogP contribution in [0, 0.1) is 11.7 Å². The Morgan fingerprint density at radius 2 is 1.93 bits per heavy atom. The van der Waals surface area contributed by atoms with Crippen LogP contribution in [0.2, 0.25) is 0 Å². The molecule has 2 aromatic rings. The molecule has 1 aliphatic rings. The van der Waals surface area contributed by atoms with Crippen LogP contribution in [0.4, 0.5) is 4.39 Å². The Hall–Kier alpha value is -1.96. The van der Waals surface area contributed by atoms with E-state index in [2.05, 4.69) is 11.6 Å². The summed E-state index contributed by atoms with van der Waals surface area (Å²) in [5.41, 5.74) is 2.19. The molecule has 0 saturated heterocycles. The summed E-state index contributed by atoms with van der Waals surface area (Å²) in [6.07, 6.45) is 4.27. The molecule has 0 heterocycles. The molecule has 5 nitrogen and oxygen atoms in total. The van der Waals surface area contributed by atoms with Crippen molar-refractivity contribution in [3.05, 3.63) is 59.4 Å². The van der Waals surface area contributed by atoms with Gasteiger partial charge < -0.3 is 9.84 Å². The molecule has 0 aliphatic heterocycles. The van der Waals surface area contributed by atoms with Gasteiger partial charge >= 0.3 is 0 Å². The van der Waals surface area contributed by atoms with Crippen molar-refractivity contribution in [2.24, 2.45) is 5.92 Å². The third-order valence-corrected chi connectivity index (χ3v) is 7.50. The molecule has 164 valence electrons. The predicted molar refractivity (Wildman–Crippen MR) is 115 cm³/mol. The van der Waals surface area contributed by atoms with E-state index in [1.54, 1.807) is 19.2 Å². The second-order valence-corrected chi connectivity index (χ2v) is 9.86. The highest BCUT2D eigenvalue weighted by Crippen LogP contribution is 2.43. The van der Waals surface area contributed by atoms with Crippen molar-refractivity contribution in [1.29, 1.82) is 0 Å². The predicted octanol–water partition coefficient (Wildman–Crippen LogP) is 4.18. The Labute approximate surface area is 178 Å². The maximum atomic E-state index is 13.5. The van der Waals surface area contributed by atoms with Crippen LogP contribution in [0.5, 0.6) is 5.75 Å². The Morgan fingerprint density at radius 3 is 2.60 bits per heavy atom. The SMILES string of the molecule is COc1cc(F)ccc1[C@@H](C)CC1CC[C@H](c2ccc(S(=O)(=O)NCCO)cc2)C1. The van der Waals surface area contributed by atoms with E-state index in [9.17, 15) is 12.8 Å². The van der Waals surface area contributed by atoms with Crippen molar-refractivity contribution < 1.29 is 22.7 Å². The van der Waals surface area contributed by atoms with E-state index in [1.165, 1.54) is 12.1 Å². The quantitative estimate of drug-likeness (QED) is 0.620.